The molecule has 0 unspecified atom stereocenters. The van der Waals surface area contributed by atoms with Gasteiger partial charge in [-0.25, -0.2) is 14.6 Å². The van der Waals surface area contributed by atoms with Crippen LogP contribution in [0.15, 0.2) is 65.5 Å². The Morgan fingerprint density at radius 1 is 0.841 bits per heavy atom. The predicted molar refractivity (Wildman–Crippen MR) is 326 cm³/mol. The molecule has 25 heteroatoms. The second kappa shape index (κ2) is 27.4. The van der Waals surface area contributed by atoms with Crippen LogP contribution in [0.4, 0.5) is 5.69 Å². The average molecular weight is 1240 g/mol. The lowest BCUT2D eigenvalue weighted by Gasteiger charge is -2.40. The van der Waals surface area contributed by atoms with Gasteiger partial charge in [-0.05, 0) is 124 Å². The zero-order valence-electron chi connectivity index (χ0n) is 51.2. The smallest absolute Gasteiger partial charge is 0.355 e. The number of cyclic esters (lactones) is 1. The summed E-state index contributed by atoms with van der Waals surface area (Å²) in [6, 6.07) is 12.7. The molecule has 0 radical (unpaired) electrons. The van der Waals surface area contributed by atoms with Gasteiger partial charge in [0, 0.05) is 42.4 Å². The van der Waals surface area contributed by atoms with Crippen LogP contribution in [0, 0.1) is 17.8 Å². The molecule has 4 aromatic rings. The van der Waals surface area contributed by atoms with Gasteiger partial charge in [-0.2, -0.15) is 0 Å². The van der Waals surface area contributed by atoms with Crippen molar-refractivity contribution in [2.45, 2.75) is 180 Å². The Labute approximate surface area is 516 Å². The number of amides is 5. The average Bonchev–Trinajstić information content (AvgIpc) is 1.58. The first kappa shape index (κ1) is 64.9. The minimum Gasteiger partial charge on any atom is -0.462 e. The number of benzene rings is 2. The molecule has 0 aliphatic carbocycles. The third-order valence-corrected chi connectivity index (χ3v) is 17.4. The number of aromatic nitrogens is 2. The Morgan fingerprint density at radius 2 is 1.50 bits per heavy atom. The van der Waals surface area contributed by atoms with Crippen molar-refractivity contribution in [2.75, 3.05) is 32.1 Å². The second-order valence-electron chi connectivity index (χ2n) is 24.6. The van der Waals surface area contributed by atoms with Gasteiger partial charge in [0.05, 0.1) is 41.7 Å². The number of hydrogen-bond acceptors (Lipinski definition) is 17. The van der Waals surface area contributed by atoms with Crippen LogP contribution in [-0.2, 0) is 71.3 Å². The van der Waals surface area contributed by atoms with Gasteiger partial charge in [-0.15, -0.1) is 0 Å². The number of aliphatic hydroxyl groups is 2. The van der Waals surface area contributed by atoms with Gasteiger partial charge in [0.15, 0.2) is 5.11 Å². The summed E-state index contributed by atoms with van der Waals surface area (Å²) in [4.78, 5) is 121. The number of aliphatic hydroxyl groups excluding tert-OH is 2. The van der Waals surface area contributed by atoms with Gasteiger partial charge in [0.2, 0.25) is 41.4 Å². The van der Waals surface area contributed by atoms with Crippen molar-refractivity contribution in [1.82, 2.24) is 40.6 Å². The first-order valence-corrected chi connectivity index (χ1v) is 30.8. The number of anilines is 1. The first-order chi connectivity index (χ1) is 41.9. The Balaban J connectivity index is 0.801. The van der Waals surface area contributed by atoms with Gasteiger partial charge in [0.1, 0.15) is 60.9 Å². The molecule has 11 atom stereocenters. The number of nitrogens with one attached hydrogen (secondary N) is 5. The van der Waals surface area contributed by atoms with E-state index in [-0.39, 0.29) is 73.5 Å². The number of esters is 2. The molecule has 2 aromatic heterocycles. The van der Waals surface area contributed by atoms with E-state index in [4.69, 9.17) is 40.9 Å². The Kier molecular flexibility index (Phi) is 20.2. The fraction of sp³-hybridized carbons (Fsp3) is 0.556. The lowest BCUT2D eigenvalue weighted by molar-refractivity contribution is -0.272. The molecule has 3 fully saturated rings. The summed E-state index contributed by atoms with van der Waals surface area (Å²) in [5.41, 5.74) is 1.06. The maximum Gasteiger partial charge on any atom is 0.355 e. The van der Waals surface area contributed by atoms with Crippen LogP contribution in [0.5, 0.6) is 5.75 Å². The molecule has 88 heavy (non-hydrogen) atoms. The maximum atomic E-state index is 14.5. The van der Waals surface area contributed by atoms with Crippen molar-refractivity contribution in [1.29, 1.82) is 0 Å². The van der Waals surface area contributed by atoms with E-state index in [0.717, 1.165) is 16.5 Å². The predicted octanol–water partition coefficient (Wildman–Crippen LogP) is 3.66. The molecule has 474 valence electrons. The number of carbonyl (C=O) groups excluding carboxylic acids is 7. The standard InChI is InChI=1S/C63H81N9O15S/c1-10-63(41-28-47-50-37(27-36-15-11-12-16-42(36)67-50)30-72(47)57(79)40(41)31-84-61(63)82)87-59(81)49(34(6)7)69-56(78)45-17-13-23-70(45)58(80)44(26-33(4)5)66-48(73)29-64-54(76)43(25-32(2)3)68-55(77)46-18-14-24-71(46)62(88)65-38-19-21-39(22-20-38)86-60-52(75)53(83-9)51(74)35(8)85-60/h11-12,15-16,19-22,27-28,32-35,43-46,49,51-53,60,74-75H,10,13-14,17-18,23-26,29-31H2,1-9H3,(H,64,76)(H,65,88)(H,66,73)(H,68,77)(H,69,78)/t35-,43-,44-,45-,46-,49-,51+,52-,53+,60+,63-/m0/s1. The number of rotatable bonds is 21. The number of methoxy groups -OCH3 is 1. The van der Waals surface area contributed by atoms with Crippen LogP contribution in [0.25, 0.3) is 22.3 Å². The summed E-state index contributed by atoms with van der Waals surface area (Å²) in [5.74, 6) is -5.04. The highest BCUT2D eigenvalue weighted by Crippen LogP contribution is 2.42. The van der Waals surface area contributed by atoms with Crippen molar-refractivity contribution in [3.8, 4) is 17.1 Å². The quantitative estimate of drug-likeness (QED) is 0.0407. The molecular formula is C63H81N9O15S. The first-order valence-electron chi connectivity index (χ1n) is 30.4. The third-order valence-electron chi connectivity index (χ3n) is 17.0. The fourth-order valence-corrected chi connectivity index (χ4v) is 12.7. The number of para-hydroxylation sites is 1. The molecule has 7 heterocycles. The van der Waals surface area contributed by atoms with Gasteiger partial charge in [-0.1, -0.05) is 66.7 Å². The van der Waals surface area contributed by atoms with E-state index in [2.05, 4.69) is 26.6 Å². The number of likely N-dealkylation sites (tertiary alicyclic amines) is 2. The van der Waals surface area contributed by atoms with E-state index in [0.29, 0.717) is 48.6 Å². The van der Waals surface area contributed by atoms with E-state index in [1.165, 1.54) is 12.0 Å². The number of nitrogens with zero attached hydrogens (tertiary/aromatic N) is 4. The van der Waals surface area contributed by atoms with Gasteiger partial charge < -0.3 is 74.8 Å². The Bertz CT molecular complexity index is 3380. The van der Waals surface area contributed by atoms with Crippen LogP contribution in [0.3, 0.4) is 0 Å². The van der Waals surface area contributed by atoms with Crippen molar-refractivity contribution >= 4 is 75.4 Å². The van der Waals surface area contributed by atoms with E-state index in [1.54, 1.807) is 67.5 Å². The molecule has 0 bridgehead atoms. The maximum absolute atomic E-state index is 14.5. The molecule has 5 amide bonds. The topological polar surface area (TPSA) is 308 Å². The van der Waals surface area contributed by atoms with Crippen molar-refractivity contribution in [3.05, 3.63) is 87.7 Å². The normalized spacial score (nSPS) is 24.0. The van der Waals surface area contributed by atoms with Crippen molar-refractivity contribution in [3.63, 3.8) is 0 Å². The molecular weight excluding hydrogens is 1150 g/mol. The highest BCUT2D eigenvalue weighted by atomic mass is 32.1. The molecule has 24 nitrogen and oxygen atoms in total. The van der Waals surface area contributed by atoms with Crippen LogP contribution >= 0.6 is 12.2 Å². The highest BCUT2D eigenvalue weighted by Gasteiger charge is 2.52. The molecule has 7 N–H and O–H groups in total. The number of ether oxygens (including phenoxy) is 5. The van der Waals surface area contributed by atoms with Crippen LogP contribution in [0.1, 0.15) is 117 Å². The Morgan fingerprint density at radius 3 is 2.17 bits per heavy atom. The second-order valence-corrected chi connectivity index (χ2v) is 25.0. The zero-order valence-corrected chi connectivity index (χ0v) is 52.0. The van der Waals surface area contributed by atoms with Crippen molar-refractivity contribution < 1.29 is 67.5 Å². The molecule has 9 rings (SSSR count). The molecule has 0 saturated carbocycles. The lowest BCUT2D eigenvalue weighted by atomic mass is 9.85. The number of thiocarbonyl (C=S) groups is 1. The number of carbonyl (C=O) groups is 7. The Hall–Kier alpha value is -7.58. The minimum absolute atomic E-state index is 0.0445. The number of pyridine rings is 2. The summed E-state index contributed by atoms with van der Waals surface area (Å²) in [6.45, 7) is 14.3. The van der Waals surface area contributed by atoms with Gasteiger partial charge in [-0.3, -0.25) is 28.8 Å². The summed E-state index contributed by atoms with van der Waals surface area (Å²) >= 11 is 5.77. The van der Waals surface area contributed by atoms with Crippen LogP contribution in [-0.4, -0.2) is 164 Å². The summed E-state index contributed by atoms with van der Waals surface area (Å²) in [6.07, 6.45) is -2.81. The summed E-state index contributed by atoms with van der Waals surface area (Å²) < 4.78 is 30.2. The van der Waals surface area contributed by atoms with Crippen molar-refractivity contribution in [2.24, 2.45) is 17.8 Å². The highest BCUT2D eigenvalue weighted by molar-refractivity contribution is 7.80. The summed E-state index contributed by atoms with van der Waals surface area (Å²) in [5, 5.41) is 36.5. The lowest BCUT2D eigenvalue weighted by Crippen LogP contribution is -2.59. The molecule has 2 aromatic carbocycles. The van der Waals surface area contributed by atoms with E-state index < -0.39 is 126 Å². The third kappa shape index (κ3) is 13.7. The van der Waals surface area contributed by atoms with Gasteiger partial charge in [0.25, 0.3) is 5.56 Å². The zero-order chi connectivity index (χ0) is 63.5. The molecule has 3 saturated heterocycles. The fourth-order valence-electron chi connectivity index (χ4n) is 12.4. The van der Waals surface area contributed by atoms with Crippen LogP contribution < -0.4 is 36.9 Å². The van der Waals surface area contributed by atoms with E-state index in [9.17, 15) is 48.6 Å². The summed E-state index contributed by atoms with van der Waals surface area (Å²) in [7, 11) is 1.38. The molecule has 5 aliphatic rings. The van der Waals surface area contributed by atoms with Gasteiger partial charge >= 0.3 is 11.9 Å². The SMILES string of the molecule is CC[C@@]1(OC(=O)[C@@H](NC(=O)[C@@H]2CCCN2C(=O)[C@H](CC(C)C)NC(=O)CNC(=O)[C@H](CC(C)C)NC(=O)[C@@H]2CCCN2C(=S)Nc2ccc(O[C@H]3O[C@@H](C)[C@@H](O)[C@@H](OC)[C@@H]3O)cc2)C(C)C)C(=O)OCc2c1cc1n(c2=O)Cc2cc3ccccc3nc2-1. The monoisotopic (exact) mass is 1240 g/mol. The minimum atomic E-state index is -2.04. The number of hydrogen-bond donors (Lipinski definition) is 7. The number of fused-ring (bicyclic) bond motifs is 5. The largest absolute Gasteiger partial charge is 0.462 e. The van der Waals surface area contributed by atoms with E-state index in [1.807, 2.05) is 58.0 Å². The van der Waals surface area contributed by atoms with E-state index >= 15 is 0 Å². The molecule has 0 spiro atoms. The van der Waals surface area contributed by atoms with Crippen LogP contribution in [0.2, 0.25) is 0 Å². The molecule has 5 aliphatic heterocycles.